The first-order chi connectivity index (χ1) is 11.6. The van der Waals surface area contributed by atoms with E-state index in [-0.39, 0.29) is 11.3 Å². The number of benzene rings is 2. The van der Waals surface area contributed by atoms with Crippen molar-refractivity contribution in [1.29, 1.82) is 5.26 Å². The second-order valence-electron chi connectivity index (χ2n) is 4.63. The number of nitriles is 1. The number of hydrogen-bond acceptors (Lipinski definition) is 5. The molecule has 0 heterocycles. The normalized spacial score (nSPS) is 11.0. The van der Waals surface area contributed by atoms with E-state index >= 15 is 0 Å². The molecule has 0 aliphatic rings. The zero-order valence-electron chi connectivity index (χ0n) is 12.4. The van der Waals surface area contributed by atoms with E-state index in [4.69, 9.17) is 5.26 Å². The van der Waals surface area contributed by atoms with Gasteiger partial charge in [-0.3, -0.25) is 14.9 Å². The van der Waals surface area contributed by atoms with Gasteiger partial charge in [0.2, 0.25) is 0 Å². The maximum absolute atomic E-state index is 11.9. The predicted octanol–water partition coefficient (Wildman–Crippen LogP) is 2.65. The van der Waals surface area contributed by atoms with Crippen molar-refractivity contribution in [1.82, 2.24) is 5.43 Å². The standard InChI is InChI=1S/C17H12N4O3/c18-11-15(9-14-7-4-8-16(10-14)21(23)24)17(22)20-19-12-13-5-2-1-3-6-13/h1-10,12H,(H,20,22)/b15-9+,19-12-. The third kappa shape index (κ3) is 4.61. The molecule has 7 nitrogen and oxygen atoms in total. The smallest absolute Gasteiger partial charge is 0.267 e. The summed E-state index contributed by atoms with van der Waals surface area (Å²) in [6, 6.07) is 16.5. The molecule has 0 radical (unpaired) electrons. The lowest BCUT2D eigenvalue weighted by molar-refractivity contribution is -0.384. The van der Waals surface area contributed by atoms with Crippen LogP contribution < -0.4 is 5.43 Å². The zero-order valence-corrected chi connectivity index (χ0v) is 12.4. The molecule has 0 atom stereocenters. The molecule has 118 valence electrons. The Balaban J connectivity index is 2.11. The van der Waals surface area contributed by atoms with Gasteiger partial charge >= 0.3 is 0 Å². The first-order valence-electron chi connectivity index (χ1n) is 6.85. The van der Waals surface area contributed by atoms with Crippen LogP contribution in [0.1, 0.15) is 11.1 Å². The Kier molecular flexibility index (Phi) is 5.53. The molecule has 0 fully saturated rings. The van der Waals surface area contributed by atoms with Gasteiger partial charge in [0.1, 0.15) is 11.6 Å². The number of rotatable bonds is 5. The van der Waals surface area contributed by atoms with Crippen LogP contribution in [0.4, 0.5) is 5.69 Å². The molecule has 0 aliphatic carbocycles. The van der Waals surface area contributed by atoms with Crippen molar-refractivity contribution in [2.45, 2.75) is 0 Å². The Bertz CT molecular complexity index is 852. The summed E-state index contributed by atoms with van der Waals surface area (Å²) in [5.74, 6) is -0.698. The van der Waals surface area contributed by atoms with Gasteiger partial charge in [0.15, 0.2) is 0 Å². The number of non-ortho nitro benzene ring substituents is 1. The number of nitrogens with zero attached hydrogens (tertiary/aromatic N) is 3. The van der Waals surface area contributed by atoms with Crippen molar-refractivity contribution < 1.29 is 9.72 Å². The monoisotopic (exact) mass is 320 g/mol. The van der Waals surface area contributed by atoms with Crippen LogP contribution in [-0.4, -0.2) is 17.0 Å². The highest BCUT2D eigenvalue weighted by molar-refractivity contribution is 6.02. The number of carbonyl (C=O) groups excluding carboxylic acids is 1. The molecule has 0 spiro atoms. The van der Waals surface area contributed by atoms with Gasteiger partial charge in [-0.2, -0.15) is 10.4 Å². The number of hydrogen-bond donors (Lipinski definition) is 1. The summed E-state index contributed by atoms with van der Waals surface area (Å²) in [5, 5.41) is 23.6. The summed E-state index contributed by atoms with van der Waals surface area (Å²) in [7, 11) is 0. The Labute approximate surface area is 137 Å². The summed E-state index contributed by atoms with van der Waals surface area (Å²) in [6.07, 6.45) is 2.71. The van der Waals surface area contributed by atoms with E-state index in [0.29, 0.717) is 5.56 Å². The molecule has 0 aliphatic heterocycles. The van der Waals surface area contributed by atoms with E-state index in [1.54, 1.807) is 24.3 Å². The molecule has 0 saturated carbocycles. The van der Waals surface area contributed by atoms with Crippen LogP contribution in [-0.2, 0) is 4.79 Å². The third-order valence-corrected chi connectivity index (χ3v) is 2.94. The first-order valence-corrected chi connectivity index (χ1v) is 6.85. The van der Waals surface area contributed by atoms with Crippen molar-refractivity contribution in [3.05, 3.63) is 81.4 Å². The van der Waals surface area contributed by atoms with E-state index in [2.05, 4.69) is 10.5 Å². The average molecular weight is 320 g/mol. The molecule has 2 rings (SSSR count). The molecule has 1 amide bonds. The highest BCUT2D eigenvalue weighted by atomic mass is 16.6. The van der Waals surface area contributed by atoms with Crippen LogP contribution in [0.15, 0.2) is 65.3 Å². The largest absolute Gasteiger partial charge is 0.282 e. The minimum atomic E-state index is -0.698. The van der Waals surface area contributed by atoms with Gasteiger partial charge in [-0.15, -0.1) is 0 Å². The molecule has 7 heteroatoms. The molecule has 0 saturated heterocycles. The fourth-order valence-electron chi connectivity index (χ4n) is 1.81. The van der Waals surface area contributed by atoms with Crippen molar-refractivity contribution in [2.24, 2.45) is 5.10 Å². The summed E-state index contributed by atoms with van der Waals surface area (Å²) in [6.45, 7) is 0. The van der Waals surface area contributed by atoms with Crippen molar-refractivity contribution in [3.8, 4) is 6.07 Å². The number of amides is 1. The fraction of sp³-hybridized carbons (Fsp3) is 0. The highest BCUT2D eigenvalue weighted by Gasteiger charge is 2.10. The van der Waals surface area contributed by atoms with Gasteiger partial charge in [0, 0.05) is 12.1 Å². The molecule has 24 heavy (non-hydrogen) atoms. The molecule has 0 unspecified atom stereocenters. The lowest BCUT2D eigenvalue weighted by Crippen LogP contribution is -2.19. The quantitative estimate of drug-likeness (QED) is 0.300. The molecule has 0 aromatic heterocycles. The van der Waals surface area contributed by atoms with Gasteiger partial charge in [-0.05, 0) is 17.2 Å². The van der Waals surface area contributed by atoms with Crippen molar-refractivity contribution in [2.75, 3.05) is 0 Å². The Morgan fingerprint density at radius 1 is 1.17 bits per heavy atom. The maximum atomic E-state index is 11.9. The molecular weight excluding hydrogens is 308 g/mol. The Hall–Kier alpha value is -3.79. The van der Waals surface area contributed by atoms with Crippen LogP contribution in [0.25, 0.3) is 6.08 Å². The number of nitrogens with one attached hydrogen (secondary N) is 1. The summed E-state index contributed by atoms with van der Waals surface area (Å²) < 4.78 is 0. The number of hydrazone groups is 1. The topological polar surface area (TPSA) is 108 Å². The lowest BCUT2D eigenvalue weighted by atomic mass is 10.1. The average Bonchev–Trinajstić information content (AvgIpc) is 2.60. The predicted molar refractivity (Wildman–Crippen MR) is 88.9 cm³/mol. The lowest BCUT2D eigenvalue weighted by Gasteiger charge is -1.99. The second-order valence-corrected chi connectivity index (χ2v) is 4.63. The van der Waals surface area contributed by atoms with E-state index in [9.17, 15) is 14.9 Å². The van der Waals surface area contributed by atoms with Crippen LogP contribution in [0.2, 0.25) is 0 Å². The SMILES string of the molecule is N#C/C(=C\c1cccc([N+](=O)[O-])c1)C(=O)N/N=C\c1ccccc1. The van der Waals surface area contributed by atoms with Crippen LogP contribution in [0.5, 0.6) is 0 Å². The second kappa shape index (κ2) is 8.00. The van der Waals surface area contributed by atoms with E-state index in [1.165, 1.54) is 30.5 Å². The maximum Gasteiger partial charge on any atom is 0.282 e. The van der Waals surface area contributed by atoms with E-state index < -0.39 is 10.8 Å². The summed E-state index contributed by atoms with van der Waals surface area (Å²) in [4.78, 5) is 22.1. The number of carbonyl (C=O) groups is 1. The molecule has 2 aromatic carbocycles. The first kappa shape index (κ1) is 16.6. The zero-order chi connectivity index (χ0) is 17.4. The van der Waals surface area contributed by atoms with Gasteiger partial charge in [-0.25, -0.2) is 5.43 Å². The molecule has 1 N–H and O–H groups in total. The molecule has 0 bridgehead atoms. The van der Waals surface area contributed by atoms with E-state index in [1.807, 2.05) is 18.2 Å². The minimum Gasteiger partial charge on any atom is -0.267 e. The van der Waals surface area contributed by atoms with Crippen LogP contribution in [0.3, 0.4) is 0 Å². The summed E-state index contributed by atoms with van der Waals surface area (Å²) in [5.41, 5.74) is 3.08. The van der Waals surface area contributed by atoms with Crippen molar-refractivity contribution >= 4 is 23.9 Å². The van der Waals surface area contributed by atoms with Gasteiger partial charge < -0.3 is 0 Å². The third-order valence-electron chi connectivity index (χ3n) is 2.94. The number of nitro benzene ring substituents is 1. The minimum absolute atomic E-state index is 0.122. The van der Waals surface area contributed by atoms with Crippen molar-refractivity contribution in [3.63, 3.8) is 0 Å². The van der Waals surface area contributed by atoms with Gasteiger partial charge in [0.05, 0.1) is 11.1 Å². The summed E-state index contributed by atoms with van der Waals surface area (Å²) >= 11 is 0. The Morgan fingerprint density at radius 2 is 1.88 bits per heavy atom. The van der Waals surface area contributed by atoms with E-state index in [0.717, 1.165) is 5.56 Å². The Morgan fingerprint density at radius 3 is 2.54 bits per heavy atom. The van der Waals surface area contributed by atoms with Gasteiger partial charge in [-0.1, -0.05) is 42.5 Å². The number of nitro groups is 1. The highest BCUT2D eigenvalue weighted by Crippen LogP contribution is 2.15. The van der Waals surface area contributed by atoms with Gasteiger partial charge in [0.25, 0.3) is 11.6 Å². The van der Waals surface area contributed by atoms with Crippen LogP contribution >= 0.6 is 0 Å². The molecule has 2 aromatic rings. The van der Waals surface area contributed by atoms with Crippen LogP contribution in [0, 0.1) is 21.4 Å². The molecular formula is C17H12N4O3. The fourth-order valence-corrected chi connectivity index (χ4v) is 1.81.